The Hall–Kier alpha value is -1.95. The van der Waals surface area contributed by atoms with E-state index in [4.69, 9.17) is 0 Å². The van der Waals surface area contributed by atoms with Gasteiger partial charge in [-0.05, 0) is 40.4 Å². The van der Waals surface area contributed by atoms with Crippen LogP contribution in [-0.4, -0.2) is 30.4 Å². The smallest absolute Gasteiger partial charge is 0.262 e. The molecule has 0 aliphatic carbocycles. The maximum Gasteiger partial charge on any atom is 0.262 e. The van der Waals surface area contributed by atoms with Gasteiger partial charge in [-0.25, -0.2) is 0 Å². The number of hydrogen-bond acceptors (Lipinski definition) is 4. The molecule has 4 rings (SSSR count). The number of benzene rings is 1. The minimum atomic E-state index is 0.0297. The average Bonchev–Trinajstić information content (AvgIpc) is 3.31. The summed E-state index contributed by atoms with van der Waals surface area (Å²) in [6.45, 7) is 3.66. The Morgan fingerprint density at radius 3 is 2.80 bits per heavy atom. The standard InChI is InChI=1S/C20H20N2OS2/c23-20(19-17(8-13-25-19)15-4-2-1-3-5-15)21-9-11-22-10-6-18-16(14-22)7-12-24-18/h1-5,7-8,12-13H,6,9-11,14H2,(H,21,23). The van der Waals surface area contributed by atoms with Crippen LogP contribution in [-0.2, 0) is 13.0 Å². The second-order valence-corrected chi connectivity index (χ2v) is 8.10. The summed E-state index contributed by atoms with van der Waals surface area (Å²) in [5.41, 5.74) is 3.56. The van der Waals surface area contributed by atoms with Gasteiger partial charge in [0.05, 0.1) is 4.88 Å². The van der Waals surface area contributed by atoms with Gasteiger partial charge in [0.2, 0.25) is 0 Å². The van der Waals surface area contributed by atoms with Crippen molar-refractivity contribution in [2.45, 2.75) is 13.0 Å². The molecule has 0 bridgehead atoms. The minimum Gasteiger partial charge on any atom is -0.350 e. The van der Waals surface area contributed by atoms with E-state index < -0.39 is 0 Å². The fourth-order valence-corrected chi connectivity index (χ4v) is 4.96. The molecule has 0 atom stereocenters. The highest BCUT2D eigenvalue weighted by Crippen LogP contribution is 2.28. The van der Waals surface area contributed by atoms with Crippen molar-refractivity contribution in [2.75, 3.05) is 19.6 Å². The zero-order valence-corrected chi connectivity index (χ0v) is 15.5. The number of nitrogens with one attached hydrogen (secondary N) is 1. The van der Waals surface area contributed by atoms with Crippen molar-refractivity contribution in [1.82, 2.24) is 10.2 Å². The Labute approximate surface area is 155 Å². The highest BCUT2D eigenvalue weighted by molar-refractivity contribution is 7.12. The molecule has 5 heteroatoms. The normalized spacial score (nSPS) is 14.2. The van der Waals surface area contributed by atoms with E-state index in [1.54, 1.807) is 0 Å². The Morgan fingerprint density at radius 2 is 1.92 bits per heavy atom. The van der Waals surface area contributed by atoms with Crippen LogP contribution in [0.2, 0.25) is 0 Å². The summed E-state index contributed by atoms with van der Waals surface area (Å²) in [6.07, 6.45) is 1.13. The molecule has 128 valence electrons. The molecule has 1 aromatic carbocycles. The van der Waals surface area contributed by atoms with Gasteiger partial charge >= 0.3 is 0 Å². The Bertz CT molecular complexity index is 853. The molecule has 0 fully saturated rings. The van der Waals surface area contributed by atoms with E-state index in [0.717, 1.165) is 42.1 Å². The van der Waals surface area contributed by atoms with E-state index in [9.17, 15) is 4.79 Å². The summed E-state index contributed by atoms with van der Waals surface area (Å²) in [5.74, 6) is 0.0297. The van der Waals surface area contributed by atoms with Crippen molar-refractivity contribution in [3.8, 4) is 11.1 Å². The second-order valence-electron chi connectivity index (χ2n) is 6.18. The summed E-state index contributed by atoms with van der Waals surface area (Å²) in [5, 5.41) is 7.26. The quantitative estimate of drug-likeness (QED) is 0.730. The number of amides is 1. The van der Waals surface area contributed by atoms with E-state index in [1.807, 2.05) is 53.1 Å². The summed E-state index contributed by atoms with van der Waals surface area (Å²) in [4.78, 5) is 17.3. The van der Waals surface area contributed by atoms with Crippen molar-refractivity contribution in [2.24, 2.45) is 0 Å². The molecule has 3 nitrogen and oxygen atoms in total. The minimum absolute atomic E-state index is 0.0297. The average molecular weight is 369 g/mol. The molecule has 1 amide bonds. The van der Waals surface area contributed by atoms with Crippen molar-refractivity contribution >= 4 is 28.6 Å². The third-order valence-corrected chi connectivity index (χ3v) is 6.49. The van der Waals surface area contributed by atoms with Crippen LogP contribution in [0, 0.1) is 0 Å². The second kappa shape index (κ2) is 7.52. The lowest BCUT2D eigenvalue weighted by molar-refractivity contribution is 0.0952. The van der Waals surface area contributed by atoms with Gasteiger partial charge in [0, 0.05) is 36.6 Å². The van der Waals surface area contributed by atoms with Crippen LogP contribution < -0.4 is 5.32 Å². The predicted octanol–water partition coefficient (Wildman–Crippen LogP) is 4.26. The molecule has 0 spiro atoms. The lowest BCUT2D eigenvalue weighted by Crippen LogP contribution is -2.37. The number of fused-ring (bicyclic) bond motifs is 1. The maximum absolute atomic E-state index is 12.6. The van der Waals surface area contributed by atoms with Crippen molar-refractivity contribution in [3.05, 3.63) is 68.5 Å². The molecule has 1 N–H and O–H groups in total. The fourth-order valence-electron chi connectivity index (χ4n) is 3.24. The van der Waals surface area contributed by atoms with Crippen LogP contribution in [0.25, 0.3) is 11.1 Å². The number of carbonyl (C=O) groups is 1. The summed E-state index contributed by atoms with van der Waals surface area (Å²) in [7, 11) is 0. The third-order valence-electron chi connectivity index (χ3n) is 4.56. The molecule has 1 aliphatic heterocycles. The van der Waals surface area contributed by atoms with Gasteiger partial charge in [-0.2, -0.15) is 0 Å². The van der Waals surface area contributed by atoms with E-state index in [-0.39, 0.29) is 5.91 Å². The lowest BCUT2D eigenvalue weighted by atomic mass is 10.1. The molecular weight excluding hydrogens is 348 g/mol. The lowest BCUT2D eigenvalue weighted by Gasteiger charge is -2.26. The first kappa shape index (κ1) is 16.5. The van der Waals surface area contributed by atoms with Crippen LogP contribution in [0.3, 0.4) is 0 Å². The summed E-state index contributed by atoms with van der Waals surface area (Å²) < 4.78 is 0. The van der Waals surface area contributed by atoms with Gasteiger partial charge in [-0.3, -0.25) is 9.69 Å². The highest BCUT2D eigenvalue weighted by Gasteiger charge is 2.18. The monoisotopic (exact) mass is 368 g/mol. The van der Waals surface area contributed by atoms with E-state index in [0.29, 0.717) is 6.54 Å². The maximum atomic E-state index is 12.6. The van der Waals surface area contributed by atoms with Crippen molar-refractivity contribution in [3.63, 3.8) is 0 Å². The van der Waals surface area contributed by atoms with Gasteiger partial charge < -0.3 is 5.32 Å². The topological polar surface area (TPSA) is 32.3 Å². The Kier molecular flexibility index (Phi) is 4.97. The van der Waals surface area contributed by atoms with E-state index in [2.05, 4.69) is 21.7 Å². The SMILES string of the molecule is O=C(NCCN1CCc2sccc2C1)c1sccc1-c1ccccc1. The number of carbonyl (C=O) groups excluding carboxylic acids is 1. The van der Waals surface area contributed by atoms with Gasteiger partial charge in [-0.15, -0.1) is 22.7 Å². The summed E-state index contributed by atoms with van der Waals surface area (Å²) >= 11 is 3.36. The fraction of sp³-hybridized carbons (Fsp3) is 0.250. The van der Waals surface area contributed by atoms with Crippen molar-refractivity contribution < 1.29 is 4.79 Å². The molecule has 0 saturated carbocycles. The van der Waals surface area contributed by atoms with Gasteiger partial charge in [-0.1, -0.05) is 30.3 Å². The molecule has 2 aromatic heterocycles. The first-order valence-corrected chi connectivity index (χ1v) is 10.3. The molecule has 3 aromatic rings. The van der Waals surface area contributed by atoms with E-state index in [1.165, 1.54) is 21.8 Å². The Balaban J connectivity index is 1.34. The third kappa shape index (κ3) is 3.68. The van der Waals surface area contributed by atoms with Crippen LogP contribution in [0.4, 0.5) is 0 Å². The first-order valence-electron chi connectivity index (χ1n) is 8.50. The molecule has 0 unspecified atom stereocenters. The number of nitrogens with zero attached hydrogens (tertiary/aromatic N) is 1. The number of rotatable bonds is 5. The van der Waals surface area contributed by atoms with Crippen LogP contribution in [0.15, 0.2) is 53.2 Å². The molecule has 3 heterocycles. The van der Waals surface area contributed by atoms with Gasteiger partial charge in [0.25, 0.3) is 5.91 Å². The number of thiophene rings is 2. The molecule has 1 aliphatic rings. The molecule has 25 heavy (non-hydrogen) atoms. The van der Waals surface area contributed by atoms with E-state index >= 15 is 0 Å². The first-order chi connectivity index (χ1) is 12.3. The van der Waals surface area contributed by atoms with Gasteiger partial charge in [0.15, 0.2) is 0 Å². The van der Waals surface area contributed by atoms with Crippen LogP contribution in [0.1, 0.15) is 20.1 Å². The predicted molar refractivity (Wildman–Crippen MR) is 105 cm³/mol. The Morgan fingerprint density at radius 1 is 1.08 bits per heavy atom. The number of hydrogen-bond donors (Lipinski definition) is 1. The zero-order chi connectivity index (χ0) is 17.1. The van der Waals surface area contributed by atoms with Crippen molar-refractivity contribution in [1.29, 1.82) is 0 Å². The molecule has 0 radical (unpaired) electrons. The van der Waals surface area contributed by atoms with Gasteiger partial charge in [0.1, 0.15) is 0 Å². The molecular formula is C20H20N2OS2. The van der Waals surface area contributed by atoms with Crippen LogP contribution in [0.5, 0.6) is 0 Å². The zero-order valence-electron chi connectivity index (χ0n) is 13.9. The highest BCUT2D eigenvalue weighted by atomic mass is 32.1. The molecule has 0 saturated heterocycles. The van der Waals surface area contributed by atoms with Crippen LogP contribution >= 0.6 is 22.7 Å². The largest absolute Gasteiger partial charge is 0.350 e. The summed E-state index contributed by atoms with van der Waals surface area (Å²) in [6, 6.07) is 14.3.